The molecule has 0 amide bonds. The van der Waals surface area contributed by atoms with Gasteiger partial charge in [-0.3, -0.25) is 0 Å². The minimum Gasteiger partial charge on any atom is -0.490 e. The molecule has 0 aromatic heterocycles. The summed E-state index contributed by atoms with van der Waals surface area (Å²) in [6.45, 7) is 2.38. The van der Waals surface area contributed by atoms with Crippen LogP contribution in [0.25, 0.3) is 0 Å². The highest BCUT2D eigenvalue weighted by Gasteiger charge is 2.30. The Bertz CT molecular complexity index is 588. The molecule has 0 saturated carbocycles. The van der Waals surface area contributed by atoms with E-state index >= 15 is 0 Å². The molecule has 1 aliphatic rings. The van der Waals surface area contributed by atoms with E-state index in [1.165, 1.54) is 0 Å². The largest absolute Gasteiger partial charge is 0.490 e. The van der Waals surface area contributed by atoms with Crippen molar-refractivity contribution in [2.24, 2.45) is 0 Å². The van der Waals surface area contributed by atoms with Crippen LogP contribution in [0.4, 0.5) is 0 Å². The van der Waals surface area contributed by atoms with Crippen molar-refractivity contribution in [3.8, 4) is 11.5 Å². The second-order valence-corrected chi connectivity index (χ2v) is 7.96. The van der Waals surface area contributed by atoms with Gasteiger partial charge in [0.15, 0.2) is 21.3 Å². The summed E-state index contributed by atoms with van der Waals surface area (Å²) >= 11 is 9.27. The molecule has 1 aromatic rings. The molecule has 4 nitrogen and oxygen atoms in total. The lowest BCUT2D eigenvalue weighted by Crippen LogP contribution is -2.18. The van der Waals surface area contributed by atoms with Crippen LogP contribution in [0.2, 0.25) is 0 Å². The normalized spacial score (nSPS) is 20.9. The van der Waals surface area contributed by atoms with Gasteiger partial charge < -0.3 is 9.47 Å². The first-order valence-electron chi connectivity index (χ1n) is 6.33. The molecule has 2 rings (SSSR count). The third kappa shape index (κ3) is 3.80. The Morgan fingerprint density at radius 3 is 2.75 bits per heavy atom. The van der Waals surface area contributed by atoms with Crippen LogP contribution in [-0.2, 0) is 15.7 Å². The molecule has 1 atom stereocenters. The second-order valence-electron chi connectivity index (χ2n) is 4.61. The van der Waals surface area contributed by atoms with Crippen molar-refractivity contribution < 1.29 is 17.9 Å². The van der Waals surface area contributed by atoms with Gasteiger partial charge in [0.25, 0.3) is 0 Å². The molecule has 20 heavy (non-hydrogen) atoms. The SMILES string of the molecule is CCOc1cc(CCl)cc(Br)c1OC1CCS(=O)(=O)C1. The minimum atomic E-state index is -2.97. The number of rotatable bonds is 5. The van der Waals surface area contributed by atoms with Gasteiger partial charge in [-0.25, -0.2) is 8.42 Å². The molecule has 1 aliphatic heterocycles. The first-order chi connectivity index (χ1) is 9.45. The van der Waals surface area contributed by atoms with Crippen molar-refractivity contribution in [2.45, 2.75) is 25.3 Å². The molecule has 112 valence electrons. The zero-order chi connectivity index (χ0) is 14.8. The molecule has 1 unspecified atom stereocenters. The molecule has 7 heteroatoms. The molecule has 1 saturated heterocycles. The Labute approximate surface area is 132 Å². The fourth-order valence-corrected chi connectivity index (χ4v) is 4.42. The second kappa shape index (κ2) is 6.54. The quantitative estimate of drug-likeness (QED) is 0.733. The summed E-state index contributed by atoms with van der Waals surface area (Å²) in [7, 11) is -2.97. The van der Waals surface area contributed by atoms with Crippen LogP contribution >= 0.6 is 27.5 Å². The zero-order valence-corrected chi connectivity index (χ0v) is 14.2. The molecule has 0 bridgehead atoms. The third-order valence-corrected chi connectivity index (χ3v) is 5.63. The molecular weight excluding hydrogens is 368 g/mol. The lowest BCUT2D eigenvalue weighted by molar-refractivity contribution is 0.211. The lowest BCUT2D eigenvalue weighted by Gasteiger charge is -2.18. The Kier molecular flexibility index (Phi) is 5.20. The summed E-state index contributed by atoms with van der Waals surface area (Å²) in [5, 5.41) is 0. The van der Waals surface area contributed by atoms with E-state index < -0.39 is 9.84 Å². The van der Waals surface area contributed by atoms with Gasteiger partial charge in [-0.2, -0.15) is 0 Å². The van der Waals surface area contributed by atoms with Gasteiger partial charge in [0.2, 0.25) is 0 Å². The summed E-state index contributed by atoms with van der Waals surface area (Å²) in [5.74, 6) is 1.74. The van der Waals surface area contributed by atoms with Crippen molar-refractivity contribution in [1.29, 1.82) is 0 Å². The number of hydrogen-bond acceptors (Lipinski definition) is 4. The number of alkyl halides is 1. The number of hydrogen-bond donors (Lipinski definition) is 0. The van der Waals surface area contributed by atoms with Crippen LogP contribution in [0.1, 0.15) is 18.9 Å². The Morgan fingerprint density at radius 2 is 2.20 bits per heavy atom. The van der Waals surface area contributed by atoms with Gasteiger partial charge in [-0.05, 0) is 47.0 Å². The predicted octanol–water partition coefficient (Wildman–Crippen LogP) is 3.15. The molecule has 1 heterocycles. The third-order valence-electron chi connectivity index (χ3n) is 3.00. The van der Waals surface area contributed by atoms with E-state index in [0.717, 1.165) is 10.0 Å². The minimum absolute atomic E-state index is 0.0578. The van der Waals surface area contributed by atoms with Crippen molar-refractivity contribution in [2.75, 3.05) is 18.1 Å². The van der Waals surface area contributed by atoms with E-state index in [9.17, 15) is 8.42 Å². The molecule has 1 aromatic carbocycles. The van der Waals surface area contributed by atoms with Crippen LogP contribution in [0, 0.1) is 0 Å². The fourth-order valence-electron chi connectivity index (χ4n) is 2.10. The van der Waals surface area contributed by atoms with Crippen LogP contribution in [-0.4, -0.2) is 32.6 Å². The molecule has 1 fully saturated rings. The number of benzene rings is 1. The van der Waals surface area contributed by atoms with E-state index in [0.29, 0.717) is 30.4 Å². The van der Waals surface area contributed by atoms with Crippen LogP contribution in [0.5, 0.6) is 11.5 Å². The Morgan fingerprint density at radius 1 is 1.45 bits per heavy atom. The van der Waals surface area contributed by atoms with Gasteiger partial charge >= 0.3 is 0 Å². The predicted molar refractivity (Wildman–Crippen MR) is 82.6 cm³/mol. The average Bonchev–Trinajstić information content (AvgIpc) is 2.73. The number of ether oxygens (including phenoxy) is 2. The molecule has 0 N–H and O–H groups in total. The molecule has 0 spiro atoms. The van der Waals surface area contributed by atoms with Gasteiger partial charge in [-0.15, -0.1) is 11.6 Å². The van der Waals surface area contributed by atoms with Crippen LogP contribution < -0.4 is 9.47 Å². The van der Waals surface area contributed by atoms with Gasteiger partial charge in [-0.1, -0.05) is 0 Å². The van der Waals surface area contributed by atoms with Crippen molar-refractivity contribution in [3.05, 3.63) is 22.2 Å². The molecular formula is C13H16BrClO4S. The van der Waals surface area contributed by atoms with E-state index in [1.807, 2.05) is 19.1 Å². The van der Waals surface area contributed by atoms with Crippen molar-refractivity contribution >= 4 is 37.4 Å². The maximum absolute atomic E-state index is 11.5. The van der Waals surface area contributed by atoms with Crippen molar-refractivity contribution in [1.82, 2.24) is 0 Å². The number of halogens is 2. The monoisotopic (exact) mass is 382 g/mol. The lowest BCUT2D eigenvalue weighted by atomic mass is 10.2. The first kappa shape index (κ1) is 15.9. The van der Waals surface area contributed by atoms with E-state index in [-0.39, 0.29) is 17.6 Å². The van der Waals surface area contributed by atoms with E-state index in [2.05, 4.69) is 15.9 Å². The van der Waals surface area contributed by atoms with Crippen molar-refractivity contribution in [3.63, 3.8) is 0 Å². The van der Waals surface area contributed by atoms with Gasteiger partial charge in [0, 0.05) is 5.88 Å². The Balaban J connectivity index is 2.26. The fraction of sp³-hybridized carbons (Fsp3) is 0.538. The van der Waals surface area contributed by atoms with E-state index in [1.54, 1.807) is 0 Å². The molecule has 0 aliphatic carbocycles. The summed E-state index contributed by atoms with van der Waals surface area (Å²) < 4.78 is 35.1. The summed E-state index contributed by atoms with van der Waals surface area (Å²) in [6.07, 6.45) is 0.190. The first-order valence-corrected chi connectivity index (χ1v) is 9.48. The Hall–Kier alpha value is -0.460. The van der Waals surface area contributed by atoms with E-state index in [4.69, 9.17) is 21.1 Å². The van der Waals surface area contributed by atoms with Gasteiger partial charge in [0.05, 0.1) is 22.6 Å². The maximum Gasteiger partial charge on any atom is 0.175 e. The highest BCUT2D eigenvalue weighted by atomic mass is 79.9. The topological polar surface area (TPSA) is 52.6 Å². The summed E-state index contributed by atoms with van der Waals surface area (Å²) in [4.78, 5) is 0. The highest BCUT2D eigenvalue weighted by Crippen LogP contribution is 2.39. The average molecular weight is 384 g/mol. The summed E-state index contributed by atoms with van der Waals surface area (Å²) in [5.41, 5.74) is 0.911. The highest BCUT2D eigenvalue weighted by molar-refractivity contribution is 9.10. The number of sulfone groups is 1. The van der Waals surface area contributed by atoms with Crippen LogP contribution in [0.15, 0.2) is 16.6 Å². The van der Waals surface area contributed by atoms with Crippen LogP contribution in [0.3, 0.4) is 0 Å². The standard InChI is InChI=1S/C13H16BrClO4S/c1-2-18-12-6-9(7-15)5-11(14)13(12)19-10-3-4-20(16,17)8-10/h5-6,10H,2-4,7-8H2,1H3. The van der Waals surface area contributed by atoms with Gasteiger partial charge in [0.1, 0.15) is 6.10 Å². The summed E-state index contributed by atoms with van der Waals surface area (Å²) in [6, 6.07) is 3.67. The maximum atomic E-state index is 11.5. The molecule has 0 radical (unpaired) electrons. The zero-order valence-electron chi connectivity index (χ0n) is 11.1. The smallest absolute Gasteiger partial charge is 0.175 e.